The third-order valence-electron chi connectivity index (χ3n) is 4.45. The predicted octanol–water partition coefficient (Wildman–Crippen LogP) is 1.75. The van der Waals surface area contributed by atoms with E-state index >= 15 is 0 Å². The van der Waals surface area contributed by atoms with Gasteiger partial charge in [0.1, 0.15) is 0 Å². The Kier molecular flexibility index (Phi) is 5.33. The molecule has 1 amide bonds. The molecule has 1 aliphatic heterocycles. The van der Waals surface area contributed by atoms with Crippen molar-refractivity contribution in [1.29, 1.82) is 0 Å². The first kappa shape index (κ1) is 19.5. The van der Waals surface area contributed by atoms with Crippen LogP contribution in [-0.4, -0.2) is 49.0 Å². The van der Waals surface area contributed by atoms with Gasteiger partial charge in [0.2, 0.25) is 6.10 Å². The van der Waals surface area contributed by atoms with Crippen LogP contribution >= 0.6 is 11.3 Å². The fourth-order valence-electron chi connectivity index (χ4n) is 2.73. The zero-order valence-corrected chi connectivity index (χ0v) is 16.7. The standard InChI is InChI=1S/C18H17N3O6S2/c22-16(20-18-19-8-10-28-18)15(21-27-14-7-9-26-17(14)23)11-1-3-12(4-2-11)29(24,25)13-5-6-13/h1-4,8,10,13-14H,5-7,9H2,(H,19,20,22)/t14-/m1/s1. The minimum atomic E-state index is -3.34. The van der Waals surface area contributed by atoms with E-state index in [1.54, 1.807) is 11.6 Å². The number of carbonyl (C=O) groups excluding carboxylic acids is 2. The van der Waals surface area contributed by atoms with Crippen LogP contribution in [0.1, 0.15) is 24.8 Å². The van der Waals surface area contributed by atoms with Crippen molar-refractivity contribution >= 4 is 43.9 Å². The van der Waals surface area contributed by atoms with Crippen molar-refractivity contribution in [3.8, 4) is 0 Å². The van der Waals surface area contributed by atoms with Gasteiger partial charge in [-0.15, -0.1) is 11.3 Å². The number of benzene rings is 1. The molecule has 152 valence electrons. The number of amides is 1. The molecule has 2 aromatic rings. The topological polar surface area (TPSA) is 124 Å². The first-order chi connectivity index (χ1) is 13.9. The Bertz CT molecular complexity index is 1040. The lowest BCUT2D eigenvalue weighted by Crippen LogP contribution is -2.26. The smallest absolute Gasteiger partial charge is 0.350 e. The van der Waals surface area contributed by atoms with Gasteiger partial charge in [-0.3, -0.25) is 10.1 Å². The summed E-state index contributed by atoms with van der Waals surface area (Å²) in [6, 6.07) is 5.87. The Morgan fingerprint density at radius 2 is 2.00 bits per heavy atom. The van der Waals surface area contributed by atoms with Gasteiger partial charge in [0.25, 0.3) is 5.91 Å². The minimum absolute atomic E-state index is 0.102. The number of ether oxygens (including phenoxy) is 1. The molecule has 0 spiro atoms. The van der Waals surface area contributed by atoms with Gasteiger partial charge in [-0.2, -0.15) is 0 Å². The number of anilines is 1. The van der Waals surface area contributed by atoms with Gasteiger partial charge in [0, 0.05) is 23.6 Å². The molecule has 0 radical (unpaired) electrons. The van der Waals surface area contributed by atoms with Gasteiger partial charge < -0.3 is 9.57 Å². The number of sulfone groups is 1. The van der Waals surface area contributed by atoms with E-state index in [-0.39, 0.29) is 22.5 Å². The Morgan fingerprint density at radius 1 is 1.24 bits per heavy atom. The summed E-state index contributed by atoms with van der Waals surface area (Å²) in [5, 5.41) is 8.23. The van der Waals surface area contributed by atoms with Crippen LogP contribution < -0.4 is 5.32 Å². The number of carbonyl (C=O) groups is 2. The van der Waals surface area contributed by atoms with Crippen LogP contribution in [0, 0.1) is 0 Å². The molecule has 11 heteroatoms. The molecule has 1 aliphatic carbocycles. The molecule has 29 heavy (non-hydrogen) atoms. The van der Waals surface area contributed by atoms with E-state index in [1.165, 1.54) is 35.6 Å². The van der Waals surface area contributed by atoms with E-state index in [4.69, 9.17) is 9.57 Å². The highest BCUT2D eigenvalue weighted by Gasteiger charge is 2.37. The van der Waals surface area contributed by atoms with Gasteiger partial charge in [-0.25, -0.2) is 18.2 Å². The summed E-state index contributed by atoms with van der Waals surface area (Å²) in [5.41, 5.74) is 0.246. The van der Waals surface area contributed by atoms with Crippen molar-refractivity contribution in [1.82, 2.24) is 4.98 Å². The molecule has 1 saturated heterocycles. The fraction of sp³-hybridized carbons (Fsp3) is 0.333. The molecule has 1 N–H and O–H groups in total. The average molecular weight is 435 g/mol. The van der Waals surface area contributed by atoms with Crippen molar-refractivity contribution in [3.63, 3.8) is 0 Å². The molecule has 2 aliphatic rings. The Balaban J connectivity index is 1.60. The summed E-state index contributed by atoms with van der Waals surface area (Å²) in [6.07, 6.45) is 2.32. The maximum Gasteiger partial charge on any atom is 0.350 e. The number of cyclic esters (lactones) is 1. The highest BCUT2D eigenvalue weighted by atomic mass is 32.2. The zero-order chi connectivity index (χ0) is 20.4. The molecule has 1 aromatic carbocycles. The molecule has 1 aromatic heterocycles. The maximum absolute atomic E-state index is 12.7. The number of oxime groups is 1. The summed E-state index contributed by atoms with van der Waals surface area (Å²) >= 11 is 1.23. The number of hydrogen-bond acceptors (Lipinski definition) is 9. The lowest BCUT2D eigenvalue weighted by molar-refractivity contribution is -0.147. The zero-order valence-electron chi connectivity index (χ0n) is 15.1. The third-order valence-corrected chi connectivity index (χ3v) is 7.41. The van der Waals surface area contributed by atoms with Crippen LogP contribution in [0.15, 0.2) is 45.9 Å². The van der Waals surface area contributed by atoms with Crippen LogP contribution in [-0.2, 0) is 29.0 Å². The molecule has 2 fully saturated rings. The predicted molar refractivity (Wildman–Crippen MR) is 104 cm³/mol. The van der Waals surface area contributed by atoms with Crippen LogP contribution in [0.3, 0.4) is 0 Å². The summed E-state index contributed by atoms with van der Waals surface area (Å²) in [4.78, 5) is 33.7. The first-order valence-electron chi connectivity index (χ1n) is 8.91. The average Bonchev–Trinajstić information content (AvgIpc) is 3.32. The van der Waals surface area contributed by atoms with Crippen LogP contribution in [0.4, 0.5) is 5.13 Å². The molecule has 2 heterocycles. The second kappa shape index (κ2) is 7.91. The molecular formula is C18H17N3O6S2. The van der Waals surface area contributed by atoms with Gasteiger partial charge in [0.15, 0.2) is 20.7 Å². The van der Waals surface area contributed by atoms with E-state index in [2.05, 4.69) is 15.5 Å². The lowest BCUT2D eigenvalue weighted by atomic mass is 10.1. The molecule has 4 rings (SSSR count). The summed E-state index contributed by atoms with van der Waals surface area (Å²) in [7, 11) is -3.34. The maximum atomic E-state index is 12.7. The lowest BCUT2D eigenvalue weighted by Gasteiger charge is -2.09. The van der Waals surface area contributed by atoms with Gasteiger partial charge in [-0.1, -0.05) is 17.3 Å². The number of nitrogens with zero attached hydrogens (tertiary/aromatic N) is 2. The van der Waals surface area contributed by atoms with Gasteiger partial charge in [-0.05, 0) is 25.0 Å². The SMILES string of the molecule is O=C(Nc1nccs1)C(=NO[C@@H]1CCOC1=O)c1ccc(S(=O)(=O)C2CC2)cc1. The van der Waals surface area contributed by atoms with Crippen molar-refractivity contribution < 1.29 is 27.6 Å². The Morgan fingerprint density at radius 3 is 2.59 bits per heavy atom. The third kappa shape index (κ3) is 4.30. The normalized spacial score (nSPS) is 19.7. The minimum Gasteiger partial charge on any atom is -0.463 e. The van der Waals surface area contributed by atoms with E-state index in [0.29, 0.717) is 30.0 Å². The number of rotatable bonds is 7. The van der Waals surface area contributed by atoms with Crippen LogP contribution in [0.2, 0.25) is 0 Å². The van der Waals surface area contributed by atoms with E-state index in [1.807, 2.05) is 0 Å². The molecule has 1 saturated carbocycles. The summed E-state index contributed by atoms with van der Waals surface area (Å²) in [5.74, 6) is -1.14. The Labute approximate surface area is 170 Å². The second-order valence-corrected chi connectivity index (χ2v) is 9.67. The van der Waals surface area contributed by atoms with Gasteiger partial charge in [0.05, 0.1) is 16.8 Å². The highest BCUT2D eigenvalue weighted by molar-refractivity contribution is 7.92. The number of hydrogen-bond donors (Lipinski definition) is 1. The number of thiazole rings is 1. The summed E-state index contributed by atoms with van der Waals surface area (Å²) < 4.78 is 29.6. The van der Waals surface area contributed by atoms with Crippen molar-refractivity contribution in [2.75, 3.05) is 11.9 Å². The fourth-order valence-corrected chi connectivity index (χ4v) is 4.91. The number of aromatic nitrogens is 1. The van der Waals surface area contributed by atoms with E-state index in [0.717, 1.165) is 0 Å². The Hall–Kier alpha value is -2.79. The van der Waals surface area contributed by atoms with Crippen LogP contribution in [0.25, 0.3) is 0 Å². The summed E-state index contributed by atoms with van der Waals surface area (Å²) in [6.45, 7) is 0.230. The van der Waals surface area contributed by atoms with E-state index < -0.39 is 27.8 Å². The molecule has 1 atom stereocenters. The van der Waals surface area contributed by atoms with Crippen LogP contribution in [0.5, 0.6) is 0 Å². The molecule has 9 nitrogen and oxygen atoms in total. The molecule has 0 bridgehead atoms. The second-order valence-electron chi connectivity index (χ2n) is 6.55. The number of esters is 1. The molecular weight excluding hydrogens is 418 g/mol. The van der Waals surface area contributed by atoms with Crippen molar-refractivity contribution in [2.45, 2.75) is 35.5 Å². The monoisotopic (exact) mass is 435 g/mol. The van der Waals surface area contributed by atoms with Crippen molar-refractivity contribution in [2.24, 2.45) is 5.16 Å². The quantitative estimate of drug-likeness (QED) is 0.399. The largest absolute Gasteiger partial charge is 0.463 e. The number of nitrogens with one attached hydrogen (secondary N) is 1. The van der Waals surface area contributed by atoms with E-state index in [9.17, 15) is 18.0 Å². The highest BCUT2D eigenvalue weighted by Crippen LogP contribution is 2.33. The van der Waals surface area contributed by atoms with Gasteiger partial charge >= 0.3 is 5.97 Å². The first-order valence-corrected chi connectivity index (χ1v) is 11.3. The van der Waals surface area contributed by atoms with Crippen molar-refractivity contribution in [3.05, 3.63) is 41.4 Å². The molecule has 0 unspecified atom stereocenters.